The van der Waals surface area contributed by atoms with Crippen molar-refractivity contribution >= 4 is 17.5 Å². The lowest BCUT2D eigenvalue weighted by Gasteiger charge is -2.37. The molecule has 3 aromatic rings. The van der Waals surface area contributed by atoms with Crippen molar-refractivity contribution < 1.29 is 14.4 Å². The lowest BCUT2D eigenvalue weighted by atomic mass is 9.89. The number of likely N-dealkylation sites (tertiary alicyclic amines) is 1. The molecule has 3 heterocycles. The second-order valence-corrected chi connectivity index (χ2v) is 9.04. The Hall–Kier alpha value is -3.64. The number of hydrogen-bond acceptors (Lipinski definition) is 5. The van der Waals surface area contributed by atoms with E-state index in [1.807, 2.05) is 60.7 Å². The van der Waals surface area contributed by atoms with Crippen LogP contribution in [-0.2, 0) is 16.2 Å². The zero-order valence-corrected chi connectivity index (χ0v) is 19.0. The number of nitrogens with zero attached hydrogens (tertiary/aromatic N) is 3. The summed E-state index contributed by atoms with van der Waals surface area (Å²) in [5, 5.41) is 4.34. The van der Waals surface area contributed by atoms with Gasteiger partial charge in [-0.25, -0.2) is 4.79 Å². The minimum Gasteiger partial charge on any atom is -0.375 e. The summed E-state index contributed by atoms with van der Waals surface area (Å²) in [4.78, 5) is 23.0. The van der Waals surface area contributed by atoms with Crippen LogP contribution in [0.1, 0.15) is 34.6 Å². The Balaban J connectivity index is 1.23. The van der Waals surface area contributed by atoms with Gasteiger partial charge in [0.1, 0.15) is 5.71 Å². The van der Waals surface area contributed by atoms with Crippen molar-refractivity contribution in [3.63, 3.8) is 0 Å². The minimum atomic E-state index is -0.394. The first-order valence-corrected chi connectivity index (χ1v) is 11.9. The molecule has 1 saturated heterocycles. The molecular formula is C28H27N3O3. The summed E-state index contributed by atoms with van der Waals surface area (Å²) < 4.78 is 5.81. The summed E-state index contributed by atoms with van der Waals surface area (Å²) in [5.74, 6) is 0.279. The van der Waals surface area contributed by atoms with Gasteiger partial charge in [0, 0.05) is 54.0 Å². The lowest BCUT2D eigenvalue weighted by molar-refractivity contribution is 0.0907. The molecule has 0 radical (unpaired) electrons. The molecule has 0 N–H and O–H groups in total. The number of hydrogen-bond donors (Lipinski definition) is 0. The Morgan fingerprint density at radius 2 is 1.65 bits per heavy atom. The van der Waals surface area contributed by atoms with E-state index < -0.39 is 6.09 Å². The maximum atomic E-state index is 13.1. The standard InChI is InChI=1S/C28H27N3O3/c32-28(34-29-26(20-8-3-1-4-9-20)21-10-5-2-6-11-21)30-15-14-25-24(18-30)23-13-7-12-22-19-33-17-16-31(25)27(22)23/h1-13,24-25H,14-19H2. The van der Waals surface area contributed by atoms with E-state index in [0.29, 0.717) is 31.4 Å². The van der Waals surface area contributed by atoms with E-state index >= 15 is 0 Å². The van der Waals surface area contributed by atoms with E-state index in [9.17, 15) is 4.79 Å². The fourth-order valence-electron chi connectivity index (χ4n) is 5.56. The second-order valence-electron chi connectivity index (χ2n) is 9.04. The van der Waals surface area contributed by atoms with E-state index in [2.05, 4.69) is 28.3 Å². The van der Waals surface area contributed by atoms with Crippen LogP contribution in [0, 0.1) is 0 Å². The third kappa shape index (κ3) is 3.74. The van der Waals surface area contributed by atoms with Gasteiger partial charge in [-0.05, 0) is 12.0 Å². The summed E-state index contributed by atoms with van der Waals surface area (Å²) in [6.45, 7) is 3.58. The first-order valence-electron chi connectivity index (χ1n) is 11.9. The van der Waals surface area contributed by atoms with Crippen LogP contribution in [-0.4, -0.2) is 49.0 Å². The quantitative estimate of drug-likeness (QED) is 0.325. The molecular weight excluding hydrogens is 426 g/mol. The van der Waals surface area contributed by atoms with Crippen LogP contribution in [0.15, 0.2) is 84.0 Å². The summed E-state index contributed by atoms with van der Waals surface area (Å²) in [7, 11) is 0. The highest BCUT2D eigenvalue weighted by Gasteiger charge is 2.44. The van der Waals surface area contributed by atoms with Gasteiger partial charge in [-0.1, -0.05) is 84.0 Å². The molecule has 6 nitrogen and oxygen atoms in total. The predicted octanol–water partition coefficient (Wildman–Crippen LogP) is 4.78. The molecule has 0 bridgehead atoms. The summed E-state index contributed by atoms with van der Waals surface area (Å²) >= 11 is 0. The van der Waals surface area contributed by atoms with Crippen molar-refractivity contribution in [2.75, 3.05) is 31.1 Å². The summed E-state index contributed by atoms with van der Waals surface area (Å²) in [6, 6.07) is 26.5. The fraction of sp³-hybridized carbons (Fsp3) is 0.286. The average molecular weight is 454 g/mol. The number of fused-ring (bicyclic) bond motifs is 3. The van der Waals surface area contributed by atoms with Gasteiger partial charge >= 0.3 is 6.09 Å². The van der Waals surface area contributed by atoms with E-state index in [4.69, 9.17) is 9.57 Å². The van der Waals surface area contributed by atoms with Gasteiger partial charge < -0.3 is 14.5 Å². The Morgan fingerprint density at radius 1 is 0.912 bits per heavy atom. The Kier molecular flexibility index (Phi) is 5.51. The largest absolute Gasteiger partial charge is 0.436 e. The first kappa shape index (κ1) is 20.9. The number of amides is 1. The number of carbonyl (C=O) groups is 1. The molecule has 6 heteroatoms. The van der Waals surface area contributed by atoms with Crippen molar-refractivity contribution in [1.29, 1.82) is 0 Å². The SMILES string of the molecule is O=C(ON=C(c1ccccc1)c1ccccc1)N1CCC2C(C1)c1cccc3c1N2CCOC3. The molecule has 6 rings (SSSR count). The zero-order chi connectivity index (χ0) is 22.9. The summed E-state index contributed by atoms with van der Waals surface area (Å²) in [6.07, 6.45) is 0.511. The lowest BCUT2D eigenvalue weighted by Crippen LogP contribution is -2.48. The highest BCUT2D eigenvalue weighted by Crippen LogP contribution is 2.47. The minimum absolute atomic E-state index is 0.279. The maximum absolute atomic E-state index is 13.1. The van der Waals surface area contributed by atoms with Crippen molar-refractivity contribution in [2.24, 2.45) is 5.16 Å². The van der Waals surface area contributed by atoms with Crippen LogP contribution in [0.5, 0.6) is 0 Å². The van der Waals surface area contributed by atoms with Crippen molar-refractivity contribution in [3.8, 4) is 0 Å². The molecule has 2 unspecified atom stereocenters. The molecule has 0 saturated carbocycles. The molecule has 34 heavy (non-hydrogen) atoms. The van der Waals surface area contributed by atoms with E-state index in [1.54, 1.807) is 4.90 Å². The number of oxime groups is 1. The number of ether oxygens (including phenoxy) is 1. The molecule has 3 aliphatic heterocycles. The highest BCUT2D eigenvalue weighted by molar-refractivity contribution is 6.12. The van der Waals surface area contributed by atoms with Gasteiger partial charge in [-0.2, -0.15) is 0 Å². The van der Waals surface area contributed by atoms with Gasteiger partial charge in [0.25, 0.3) is 0 Å². The number of benzene rings is 3. The van der Waals surface area contributed by atoms with Crippen LogP contribution in [0.3, 0.4) is 0 Å². The molecule has 172 valence electrons. The Morgan fingerprint density at radius 3 is 2.38 bits per heavy atom. The van der Waals surface area contributed by atoms with Gasteiger partial charge in [0.2, 0.25) is 0 Å². The van der Waals surface area contributed by atoms with Gasteiger partial charge in [0.05, 0.1) is 13.2 Å². The molecule has 0 spiro atoms. The van der Waals surface area contributed by atoms with Crippen LogP contribution < -0.4 is 4.90 Å². The zero-order valence-electron chi connectivity index (χ0n) is 19.0. The molecule has 3 aliphatic rings. The van der Waals surface area contributed by atoms with Crippen LogP contribution in [0.25, 0.3) is 0 Å². The normalized spacial score (nSPS) is 20.7. The molecule has 0 aliphatic carbocycles. The van der Waals surface area contributed by atoms with Crippen molar-refractivity contribution in [2.45, 2.75) is 25.0 Å². The van der Waals surface area contributed by atoms with Gasteiger partial charge in [-0.3, -0.25) is 4.84 Å². The maximum Gasteiger partial charge on any atom is 0.436 e. The van der Waals surface area contributed by atoms with E-state index in [-0.39, 0.29) is 5.92 Å². The number of rotatable bonds is 3. The van der Waals surface area contributed by atoms with Crippen molar-refractivity contribution in [3.05, 3.63) is 101 Å². The Bertz CT molecular complexity index is 1170. The van der Waals surface area contributed by atoms with Crippen molar-refractivity contribution in [1.82, 2.24) is 4.90 Å². The van der Waals surface area contributed by atoms with E-state index in [1.165, 1.54) is 16.8 Å². The molecule has 3 aromatic carbocycles. The Labute approximate surface area is 199 Å². The average Bonchev–Trinajstić information content (AvgIpc) is 3.05. The molecule has 0 aromatic heterocycles. The number of anilines is 1. The number of piperidine rings is 1. The topological polar surface area (TPSA) is 54.4 Å². The third-order valence-electron chi connectivity index (χ3n) is 7.12. The van der Waals surface area contributed by atoms with Crippen LogP contribution in [0.4, 0.5) is 10.5 Å². The third-order valence-corrected chi connectivity index (χ3v) is 7.12. The molecule has 1 fully saturated rings. The fourth-order valence-corrected chi connectivity index (χ4v) is 5.56. The monoisotopic (exact) mass is 453 g/mol. The van der Waals surface area contributed by atoms with Crippen LogP contribution in [0.2, 0.25) is 0 Å². The van der Waals surface area contributed by atoms with Gasteiger partial charge in [-0.15, -0.1) is 0 Å². The summed E-state index contributed by atoms with van der Waals surface area (Å²) in [5.41, 5.74) is 6.35. The smallest absolute Gasteiger partial charge is 0.375 e. The number of para-hydroxylation sites is 1. The van der Waals surface area contributed by atoms with Crippen LogP contribution >= 0.6 is 0 Å². The predicted molar refractivity (Wildman–Crippen MR) is 131 cm³/mol. The number of carbonyl (C=O) groups excluding carboxylic acids is 1. The highest BCUT2D eigenvalue weighted by atomic mass is 16.7. The second kappa shape index (κ2) is 8.95. The molecule has 1 amide bonds. The van der Waals surface area contributed by atoms with E-state index in [0.717, 1.165) is 30.7 Å². The first-order chi connectivity index (χ1) is 16.8. The molecule has 2 atom stereocenters. The van der Waals surface area contributed by atoms with Gasteiger partial charge in [0.15, 0.2) is 0 Å².